The second-order valence-corrected chi connectivity index (χ2v) is 4.68. The number of hydrogen-bond donors (Lipinski definition) is 0. The minimum Gasteiger partial charge on any atom is -0.449 e. The minimum atomic E-state index is -0.126. The first-order chi connectivity index (χ1) is 7.15. The van der Waals surface area contributed by atoms with E-state index >= 15 is 0 Å². The Balaban J connectivity index is 2.27. The maximum absolute atomic E-state index is 11.5. The van der Waals surface area contributed by atoms with Gasteiger partial charge in [-0.15, -0.1) is 0 Å². The molecule has 0 aromatic carbocycles. The van der Waals surface area contributed by atoms with Gasteiger partial charge in [-0.2, -0.15) is 0 Å². The van der Waals surface area contributed by atoms with Gasteiger partial charge < -0.3 is 9.64 Å². The van der Waals surface area contributed by atoms with E-state index in [1.807, 2.05) is 11.8 Å². The van der Waals surface area contributed by atoms with Crippen LogP contribution in [0, 0.1) is 11.8 Å². The first-order valence-electron chi connectivity index (χ1n) is 6.06. The lowest BCUT2D eigenvalue weighted by molar-refractivity contribution is 0.0828. The third-order valence-corrected chi connectivity index (χ3v) is 3.17. The number of ether oxygens (including phenoxy) is 1. The molecule has 1 aliphatic rings. The first-order valence-corrected chi connectivity index (χ1v) is 6.06. The number of likely N-dealkylation sites (tertiary alicyclic amines) is 1. The monoisotopic (exact) mass is 213 g/mol. The second kappa shape index (κ2) is 5.99. The summed E-state index contributed by atoms with van der Waals surface area (Å²) in [4.78, 5) is 13.4. The molecule has 3 heteroatoms. The van der Waals surface area contributed by atoms with Crippen molar-refractivity contribution in [2.75, 3.05) is 19.7 Å². The van der Waals surface area contributed by atoms with Crippen molar-refractivity contribution >= 4 is 6.09 Å². The molecule has 1 fully saturated rings. The van der Waals surface area contributed by atoms with Crippen molar-refractivity contribution in [1.29, 1.82) is 0 Å². The van der Waals surface area contributed by atoms with Crippen molar-refractivity contribution < 1.29 is 9.53 Å². The summed E-state index contributed by atoms with van der Waals surface area (Å²) in [7, 11) is 0. The molecule has 1 rings (SSSR count). The SMILES string of the molecule is CCCOC(=O)N1CCC(C(C)C)CC1. The van der Waals surface area contributed by atoms with Crippen LogP contribution in [0.4, 0.5) is 4.79 Å². The van der Waals surface area contributed by atoms with Crippen LogP contribution in [-0.4, -0.2) is 30.7 Å². The molecular weight excluding hydrogens is 190 g/mol. The predicted octanol–water partition coefficient (Wildman–Crippen LogP) is 2.90. The quantitative estimate of drug-likeness (QED) is 0.721. The number of nitrogens with zero attached hydrogens (tertiary/aromatic N) is 1. The van der Waals surface area contributed by atoms with Gasteiger partial charge in [0.1, 0.15) is 0 Å². The lowest BCUT2D eigenvalue weighted by atomic mass is 9.87. The second-order valence-electron chi connectivity index (χ2n) is 4.68. The van der Waals surface area contributed by atoms with E-state index in [0.29, 0.717) is 6.61 Å². The van der Waals surface area contributed by atoms with Crippen molar-refractivity contribution in [3.8, 4) is 0 Å². The highest BCUT2D eigenvalue weighted by atomic mass is 16.6. The molecule has 3 nitrogen and oxygen atoms in total. The normalized spacial score (nSPS) is 18.3. The molecule has 1 amide bonds. The predicted molar refractivity (Wildman–Crippen MR) is 60.8 cm³/mol. The Bertz CT molecular complexity index is 196. The van der Waals surface area contributed by atoms with Crippen LogP contribution in [0.1, 0.15) is 40.0 Å². The Morgan fingerprint density at radius 2 is 2.00 bits per heavy atom. The van der Waals surface area contributed by atoms with Crippen LogP contribution in [0.15, 0.2) is 0 Å². The molecule has 1 aliphatic heterocycles. The molecule has 0 aromatic rings. The maximum atomic E-state index is 11.5. The lowest BCUT2D eigenvalue weighted by Gasteiger charge is -2.33. The number of piperidine rings is 1. The lowest BCUT2D eigenvalue weighted by Crippen LogP contribution is -2.39. The van der Waals surface area contributed by atoms with E-state index in [1.165, 1.54) is 0 Å². The van der Waals surface area contributed by atoms with Crippen molar-refractivity contribution in [3.63, 3.8) is 0 Å². The summed E-state index contributed by atoms with van der Waals surface area (Å²) in [5.41, 5.74) is 0. The van der Waals surface area contributed by atoms with Crippen LogP contribution >= 0.6 is 0 Å². The molecule has 0 aromatic heterocycles. The summed E-state index contributed by atoms with van der Waals surface area (Å²) in [6.45, 7) is 8.81. The molecular formula is C12H23NO2. The van der Waals surface area contributed by atoms with E-state index in [1.54, 1.807) is 0 Å². The highest BCUT2D eigenvalue weighted by Gasteiger charge is 2.24. The maximum Gasteiger partial charge on any atom is 0.409 e. The molecule has 15 heavy (non-hydrogen) atoms. The van der Waals surface area contributed by atoms with Crippen LogP contribution in [0.2, 0.25) is 0 Å². The van der Waals surface area contributed by atoms with E-state index in [-0.39, 0.29) is 6.09 Å². The van der Waals surface area contributed by atoms with Crippen molar-refractivity contribution in [1.82, 2.24) is 4.90 Å². The Morgan fingerprint density at radius 1 is 1.40 bits per heavy atom. The van der Waals surface area contributed by atoms with Crippen LogP contribution in [0.25, 0.3) is 0 Å². The number of rotatable bonds is 3. The fourth-order valence-corrected chi connectivity index (χ4v) is 2.03. The van der Waals surface area contributed by atoms with Crippen LogP contribution < -0.4 is 0 Å². The number of carbonyl (C=O) groups is 1. The van der Waals surface area contributed by atoms with Gasteiger partial charge >= 0.3 is 6.09 Å². The van der Waals surface area contributed by atoms with Gasteiger partial charge in [-0.05, 0) is 31.1 Å². The fraction of sp³-hybridized carbons (Fsp3) is 0.917. The van der Waals surface area contributed by atoms with Crippen molar-refractivity contribution in [3.05, 3.63) is 0 Å². The molecule has 0 unspecified atom stereocenters. The van der Waals surface area contributed by atoms with Gasteiger partial charge in [-0.3, -0.25) is 0 Å². The van der Waals surface area contributed by atoms with Gasteiger partial charge in [-0.1, -0.05) is 20.8 Å². The average Bonchev–Trinajstić information content (AvgIpc) is 2.26. The van der Waals surface area contributed by atoms with Gasteiger partial charge in [0.05, 0.1) is 6.61 Å². The van der Waals surface area contributed by atoms with Gasteiger partial charge in [-0.25, -0.2) is 4.79 Å². The Labute approximate surface area is 92.8 Å². The molecule has 0 aliphatic carbocycles. The van der Waals surface area contributed by atoms with Crippen molar-refractivity contribution in [2.45, 2.75) is 40.0 Å². The number of amides is 1. The van der Waals surface area contributed by atoms with Gasteiger partial charge in [0.15, 0.2) is 0 Å². The molecule has 0 radical (unpaired) electrons. The zero-order chi connectivity index (χ0) is 11.3. The summed E-state index contributed by atoms with van der Waals surface area (Å²) < 4.78 is 5.11. The van der Waals surface area contributed by atoms with E-state index in [4.69, 9.17) is 4.74 Å². The first kappa shape index (κ1) is 12.3. The zero-order valence-corrected chi connectivity index (χ0v) is 10.2. The smallest absolute Gasteiger partial charge is 0.409 e. The molecule has 0 bridgehead atoms. The summed E-state index contributed by atoms with van der Waals surface area (Å²) in [6, 6.07) is 0. The standard InChI is InChI=1S/C12H23NO2/c1-4-9-15-12(14)13-7-5-11(6-8-13)10(2)3/h10-11H,4-9H2,1-3H3. The third kappa shape index (κ3) is 3.73. The van der Waals surface area contributed by atoms with Crippen molar-refractivity contribution in [2.24, 2.45) is 11.8 Å². The van der Waals surface area contributed by atoms with Crippen LogP contribution in [-0.2, 0) is 4.74 Å². The summed E-state index contributed by atoms with van der Waals surface area (Å²) in [5, 5.41) is 0. The molecule has 88 valence electrons. The molecule has 0 saturated carbocycles. The van der Waals surface area contributed by atoms with E-state index in [0.717, 1.165) is 44.2 Å². The molecule has 0 N–H and O–H groups in total. The van der Waals surface area contributed by atoms with Gasteiger partial charge in [0.25, 0.3) is 0 Å². The molecule has 0 atom stereocenters. The molecule has 0 spiro atoms. The summed E-state index contributed by atoms with van der Waals surface area (Å²) in [6.07, 6.45) is 3.02. The summed E-state index contributed by atoms with van der Waals surface area (Å²) in [5.74, 6) is 1.51. The van der Waals surface area contributed by atoms with Gasteiger partial charge in [0, 0.05) is 13.1 Å². The molecule has 1 saturated heterocycles. The summed E-state index contributed by atoms with van der Waals surface area (Å²) >= 11 is 0. The average molecular weight is 213 g/mol. The Hall–Kier alpha value is -0.730. The third-order valence-electron chi connectivity index (χ3n) is 3.17. The van der Waals surface area contributed by atoms with Crippen LogP contribution in [0.5, 0.6) is 0 Å². The Kier molecular flexibility index (Phi) is 4.92. The van der Waals surface area contributed by atoms with Crippen LogP contribution in [0.3, 0.4) is 0 Å². The highest BCUT2D eigenvalue weighted by Crippen LogP contribution is 2.24. The van der Waals surface area contributed by atoms with E-state index < -0.39 is 0 Å². The number of carbonyl (C=O) groups excluding carboxylic acids is 1. The number of hydrogen-bond acceptors (Lipinski definition) is 2. The zero-order valence-electron chi connectivity index (χ0n) is 10.2. The molecule has 1 heterocycles. The van der Waals surface area contributed by atoms with E-state index in [9.17, 15) is 4.79 Å². The minimum absolute atomic E-state index is 0.126. The Morgan fingerprint density at radius 3 is 2.47 bits per heavy atom. The largest absolute Gasteiger partial charge is 0.449 e. The highest BCUT2D eigenvalue weighted by molar-refractivity contribution is 5.67. The fourth-order valence-electron chi connectivity index (χ4n) is 2.03. The topological polar surface area (TPSA) is 29.5 Å². The van der Waals surface area contributed by atoms with Gasteiger partial charge in [0.2, 0.25) is 0 Å². The van der Waals surface area contributed by atoms with E-state index in [2.05, 4.69) is 13.8 Å².